The number of aromatic nitrogens is 3. The molecule has 0 radical (unpaired) electrons. The summed E-state index contributed by atoms with van der Waals surface area (Å²) in [6.45, 7) is 7.42. The van der Waals surface area contributed by atoms with E-state index >= 15 is 0 Å². The highest BCUT2D eigenvalue weighted by Gasteiger charge is 2.65. The van der Waals surface area contributed by atoms with Crippen LogP contribution < -0.4 is 19.7 Å². The highest BCUT2D eigenvalue weighted by molar-refractivity contribution is 6.91. The Hall–Kier alpha value is -4.32. The maximum absolute atomic E-state index is 14.5. The van der Waals surface area contributed by atoms with Crippen LogP contribution in [0, 0.1) is 5.92 Å². The lowest BCUT2D eigenvalue weighted by Gasteiger charge is -2.37. The number of anilines is 3. The molecule has 11 heteroatoms. The topological polar surface area (TPSA) is 110 Å². The number of carbonyl (C=O) groups is 2. The van der Waals surface area contributed by atoms with Crippen LogP contribution in [0.2, 0.25) is 18.6 Å². The first-order valence-electron chi connectivity index (χ1n) is 15.7. The fourth-order valence-corrected chi connectivity index (χ4v) is 11.7. The Morgan fingerprint density at radius 2 is 1.83 bits per heavy atom. The minimum Gasteiger partial charge on any atom is -0.497 e. The molecule has 240 valence electrons. The molecule has 1 spiro atoms. The van der Waals surface area contributed by atoms with E-state index in [1.165, 1.54) is 5.19 Å². The van der Waals surface area contributed by atoms with Crippen LogP contribution in [0.3, 0.4) is 0 Å². The number of carbonyl (C=O) groups excluding carboxylic acids is 2. The molecule has 3 aromatic carbocycles. The molecule has 6 rings (SSSR count). The highest BCUT2D eigenvalue weighted by atomic mass is 28.3. The van der Waals surface area contributed by atoms with Crippen molar-refractivity contribution in [2.24, 2.45) is 5.92 Å². The second kappa shape index (κ2) is 12.5. The first-order chi connectivity index (χ1) is 22.1. The summed E-state index contributed by atoms with van der Waals surface area (Å²) in [5.41, 5.74) is 2.55. The number of nitrogens with zero attached hydrogens (tertiary/aromatic N) is 5. The molecular weight excluding hydrogens is 599 g/mol. The normalized spacial score (nSPS) is 22.3. The van der Waals surface area contributed by atoms with Gasteiger partial charge in [0.25, 0.3) is 5.91 Å². The number of fused-ring (bicyclic) bond motifs is 2. The van der Waals surface area contributed by atoms with E-state index in [-0.39, 0.29) is 30.1 Å². The van der Waals surface area contributed by atoms with Crippen molar-refractivity contribution in [3.8, 4) is 5.75 Å². The van der Waals surface area contributed by atoms with E-state index < -0.39 is 13.7 Å². The number of hydrogen-bond acceptors (Lipinski definition) is 7. The monoisotopic (exact) mass is 639 g/mol. The van der Waals surface area contributed by atoms with Gasteiger partial charge in [0.2, 0.25) is 6.41 Å². The second-order valence-electron chi connectivity index (χ2n) is 12.8. The molecule has 2 aliphatic heterocycles. The molecule has 1 aromatic heterocycles. The Balaban J connectivity index is 1.43. The summed E-state index contributed by atoms with van der Waals surface area (Å²) in [7, 11) is 1.15. The number of likely N-dealkylation sites (N-methyl/N-ethyl adjacent to an activating group) is 1. The van der Waals surface area contributed by atoms with Crippen LogP contribution in [0.5, 0.6) is 5.75 Å². The van der Waals surface area contributed by atoms with Gasteiger partial charge in [0, 0.05) is 55.7 Å². The van der Waals surface area contributed by atoms with Gasteiger partial charge in [0.1, 0.15) is 5.75 Å². The van der Waals surface area contributed by atoms with Crippen molar-refractivity contribution in [3.05, 3.63) is 90.3 Å². The lowest BCUT2D eigenvalue weighted by molar-refractivity contribution is -0.145. The van der Waals surface area contributed by atoms with Crippen molar-refractivity contribution >= 4 is 42.6 Å². The summed E-state index contributed by atoms with van der Waals surface area (Å²) in [4.78, 5) is 30.2. The molecule has 2 aliphatic rings. The van der Waals surface area contributed by atoms with Gasteiger partial charge in [0.05, 0.1) is 32.7 Å². The number of rotatable bonds is 11. The van der Waals surface area contributed by atoms with Gasteiger partial charge < -0.3 is 19.5 Å². The minimum atomic E-state index is -2.31. The number of aryl methyl sites for hydroxylation is 1. The minimum absolute atomic E-state index is 0.0109. The quantitative estimate of drug-likeness (QED) is 0.191. The zero-order valence-electron chi connectivity index (χ0n) is 27.0. The SMILES string of the molecule is COc1ccc([Si](C)(C)[C@H]2[C@H](CCn3cc(CCO)nn3)O[C@@]3(C(=O)N(C)c4ccc(N(C=O)c5ccccc5)cc43)[C@@H]2C)cc1. The molecule has 46 heavy (non-hydrogen) atoms. The summed E-state index contributed by atoms with van der Waals surface area (Å²) in [5, 5.41) is 19.1. The molecule has 2 amide bonds. The molecule has 4 atom stereocenters. The molecule has 0 bridgehead atoms. The Morgan fingerprint density at radius 3 is 2.50 bits per heavy atom. The van der Waals surface area contributed by atoms with Gasteiger partial charge in [-0.2, -0.15) is 0 Å². The van der Waals surface area contributed by atoms with E-state index in [0.29, 0.717) is 25.1 Å². The van der Waals surface area contributed by atoms with E-state index in [4.69, 9.17) is 9.47 Å². The van der Waals surface area contributed by atoms with E-state index in [1.807, 2.05) is 66.9 Å². The molecule has 1 N–H and O–H groups in total. The maximum atomic E-state index is 14.5. The Labute approximate surface area is 270 Å². The number of ether oxygens (including phenoxy) is 2. The standard InChI is InChI=1S/C35H41N5O5Si/c1-24-33(46(4,5)29-14-12-28(44-3)13-15-29)32(17-19-39-22-25(18-20-41)36-37-39)45-35(24)30-21-27(11-16-31(30)38(2)34(35)43)40(23-42)26-9-7-6-8-10-26/h6-16,21-24,32-33,41H,17-20H2,1-5H3/t24-,32+,33-,35+/m1/s1. The largest absolute Gasteiger partial charge is 0.497 e. The molecule has 3 heterocycles. The van der Waals surface area contributed by atoms with Crippen LogP contribution in [0.25, 0.3) is 0 Å². The van der Waals surface area contributed by atoms with E-state index in [0.717, 1.165) is 34.8 Å². The number of aliphatic hydroxyl groups is 1. The van der Waals surface area contributed by atoms with E-state index in [9.17, 15) is 14.7 Å². The van der Waals surface area contributed by atoms with Crippen molar-refractivity contribution in [1.29, 1.82) is 0 Å². The number of hydrogen-bond donors (Lipinski definition) is 1. The molecule has 1 fully saturated rings. The maximum Gasteiger partial charge on any atom is 0.264 e. The average Bonchev–Trinajstić information content (AvgIpc) is 3.71. The fourth-order valence-electron chi connectivity index (χ4n) is 7.62. The number of methoxy groups -OCH3 is 1. The van der Waals surface area contributed by atoms with Crippen molar-refractivity contribution < 1.29 is 24.2 Å². The Bertz CT molecular complexity index is 1710. The lowest BCUT2D eigenvalue weighted by atomic mass is 9.82. The van der Waals surface area contributed by atoms with Crippen LogP contribution >= 0.6 is 0 Å². The first-order valence-corrected chi connectivity index (χ1v) is 18.8. The second-order valence-corrected chi connectivity index (χ2v) is 17.5. The number of benzene rings is 3. The van der Waals surface area contributed by atoms with Gasteiger partial charge in [-0.15, -0.1) is 5.10 Å². The molecule has 10 nitrogen and oxygen atoms in total. The Kier molecular flexibility index (Phi) is 8.58. The fraction of sp³-hybridized carbons (Fsp3) is 0.371. The van der Waals surface area contributed by atoms with E-state index in [1.54, 1.807) is 28.6 Å². The van der Waals surface area contributed by atoms with Crippen LogP contribution in [0.15, 0.2) is 79.0 Å². The summed E-state index contributed by atoms with van der Waals surface area (Å²) < 4.78 is 14.4. The van der Waals surface area contributed by atoms with Crippen molar-refractivity contribution in [3.63, 3.8) is 0 Å². The summed E-state index contributed by atoms with van der Waals surface area (Å²) in [5.74, 6) is 0.534. The molecule has 0 saturated carbocycles. The van der Waals surface area contributed by atoms with Crippen LogP contribution in [0.1, 0.15) is 24.6 Å². The molecule has 4 aromatic rings. The molecule has 0 unspecified atom stereocenters. The average molecular weight is 640 g/mol. The third kappa shape index (κ3) is 5.22. The predicted octanol–water partition coefficient (Wildman–Crippen LogP) is 4.40. The smallest absolute Gasteiger partial charge is 0.264 e. The highest BCUT2D eigenvalue weighted by Crippen LogP contribution is 2.60. The summed E-state index contributed by atoms with van der Waals surface area (Å²) in [6.07, 6.45) is 3.48. The first kappa shape index (κ1) is 31.7. The predicted molar refractivity (Wildman–Crippen MR) is 180 cm³/mol. The van der Waals surface area contributed by atoms with Gasteiger partial charge in [-0.3, -0.25) is 19.2 Å². The van der Waals surface area contributed by atoms with E-state index in [2.05, 4.69) is 42.5 Å². The van der Waals surface area contributed by atoms with Gasteiger partial charge in [0.15, 0.2) is 5.60 Å². The summed E-state index contributed by atoms with van der Waals surface area (Å²) >= 11 is 0. The van der Waals surface area contributed by atoms with Gasteiger partial charge in [-0.1, -0.05) is 60.7 Å². The van der Waals surface area contributed by atoms with Gasteiger partial charge >= 0.3 is 0 Å². The van der Waals surface area contributed by atoms with Crippen molar-refractivity contribution in [2.75, 3.05) is 30.6 Å². The lowest BCUT2D eigenvalue weighted by Crippen LogP contribution is -2.51. The van der Waals surface area contributed by atoms with Gasteiger partial charge in [-0.25, -0.2) is 0 Å². The molecular formula is C35H41N5O5Si. The zero-order valence-corrected chi connectivity index (χ0v) is 28.0. The van der Waals surface area contributed by atoms with Crippen LogP contribution in [-0.4, -0.2) is 67.4 Å². The Morgan fingerprint density at radius 1 is 1.09 bits per heavy atom. The third-order valence-corrected chi connectivity index (χ3v) is 14.3. The zero-order chi connectivity index (χ0) is 32.6. The molecule has 1 saturated heterocycles. The van der Waals surface area contributed by atoms with Crippen molar-refractivity contribution in [1.82, 2.24) is 15.0 Å². The number of amides is 2. The summed E-state index contributed by atoms with van der Waals surface area (Å²) in [6, 6.07) is 23.5. The van der Waals surface area contributed by atoms with Gasteiger partial charge in [-0.05, 0) is 54.4 Å². The van der Waals surface area contributed by atoms with Crippen LogP contribution in [0.4, 0.5) is 17.1 Å². The van der Waals surface area contributed by atoms with Crippen molar-refractivity contribution in [2.45, 2.75) is 56.7 Å². The number of aliphatic hydroxyl groups excluding tert-OH is 1. The molecule has 0 aliphatic carbocycles. The number of para-hydroxylation sites is 1. The third-order valence-electron chi connectivity index (χ3n) is 9.96. The van der Waals surface area contributed by atoms with Crippen LogP contribution in [-0.2, 0) is 32.9 Å².